The van der Waals surface area contributed by atoms with Crippen molar-refractivity contribution < 1.29 is 29.0 Å². The predicted octanol–water partition coefficient (Wildman–Crippen LogP) is -1.26. The number of hydrogen-bond donors (Lipinski definition) is 2. The van der Waals surface area contributed by atoms with Crippen molar-refractivity contribution in [3.63, 3.8) is 0 Å². The van der Waals surface area contributed by atoms with E-state index >= 15 is 0 Å². The zero-order valence-corrected chi connectivity index (χ0v) is 16.9. The van der Waals surface area contributed by atoms with E-state index in [1.807, 2.05) is 0 Å². The molecule has 4 amide bonds. The third-order valence-electron chi connectivity index (χ3n) is 4.95. The van der Waals surface area contributed by atoms with Crippen molar-refractivity contribution >= 4 is 35.0 Å². The standard InChI is InChI=1S/C18H24N4O6S/c1-11(23)20-6-7-28-13(10-20)17(26)21-4-5-22(9-12(24)8-21)18(27)15-3-2-14(29-15)16(19)25/h2-3,12-13,24H,4-10H2,1H3,(H2,19,25). The molecule has 2 unspecified atom stereocenters. The zero-order valence-electron chi connectivity index (χ0n) is 16.1. The highest BCUT2D eigenvalue weighted by Gasteiger charge is 2.34. The second-order valence-electron chi connectivity index (χ2n) is 7.04. The number of morpholine rings is 1. The second-order valence-corrected chi connectivity index (χ2v) is 8.13. The Balaban J connectivity index is 1.65. The Morgan fingerprint density at radius 3 is 2.34 bits per heavy atom. The highest BCUT2D eigenvalue weighted by atomic mass is 32.1. The van der Waals surface area contributed by atoms with Crippen LogP contribution >= 0.6 is 11.3 Å². The first-order valence-electron chi connectivity index (χ1n) is 9.29. The molecule has 2 aliphatic rings. The summed E-state index contributed by atoms with van der Waals surface area (Å²) in [6, 6.07) is 3.02. The van der Waals surface area contributed by atoms with Crippen LogP contribution in [0.3, 0.4) is 0 Å². The number of carbonyl (C=O) groups is 4. The smallest absolute Gasteiger partial charge is 0.264 e. The molecule has 29 heavy (non-hydrogen) atoms. The molecule has 1 aromatic heterocycles. The number of hydrogen-bond acceptors (Lipinski definition) is 7. The molecular formula is C18H24N4O6S. The Kier molecular flexibility index (Phi) is 6.50. The van der Waals surface area contributed by atoms with Crippen LogP contribution in [0.15, 0.2) is 12.1 Å². The van der Waals surface area contributed by atoms with E-state index < -0.39 is 18.1 Å². The van der Waals surface area contributed by atoms with Gasteiger partial charge in [0, 0.05) is 39.6 Å². The molecule has 3 N–H and O–H groups in total. The lowest BCUT2D eigenvalue weighted by Crippen LogP contribution is -2.53. The minimum Gasteiger partial charge on any atom is -0.389 e. The Hall–Kier alpha value is -2.50. The first-order valence-corrected chi connectivity index (χ1v) is 10.1. The Morgan fingerprint density at radius 1 is 1.03 bits per heavy atom. The first-order chi connectivity index (χ1) is 13.8. The lowest BCUT2D eigenvalue weighted by Gasteiger charge is -2.34. The van der Waals surface area contributed by atoms with Gasteiger partial charge in [0.15, 0.2) is 6.10 Å². The Labute approximate surface area is 171 Å². The molecule has 11 heteroatoms. The summed E-state index contributed by atoms with van der Waals surface area (Å²) in [6.45, 7) is 2.94. The van der Waals surface area contributed by atoms with Gasteiger partial charge in [-0.2, -0.15) is 0 Å². The van der Waals surface area contributed by atoms with Crippen LogP contribution in [0.4, 0.5) is 0 Å². The molecule has 0 radical (unpaired) electrons. The maximum absolute atomic E-state index is 12.8. The summed E-state index contributed by atoms with van der Waals surface area (Å²) >= 11 is 0.998. The van der Waals surface area contributed by atoms with Crippen molar-refractivity contribution in [1.82, 2.24) is 14.7 Å². The van der Waals surface area contributed by atoms with Crippen LogP contribution in [0.2, 0.25) is 0 Å². The highest BCUT2D eigenvalue weighted by molar-refractivity contribution is 7.15. The summed E-state index contributed by atoms with van der Waals surface area (Å²) < 4.78 is 5.53. The molecule has 2 fully saturated rings. The predicted molar refractivity (Wildman–Crippen MR) is 103 cm³/mol. The van der Waals surface area contributed by atoms with Crippen LogP contribution in [-0.4, -0.2) is 102 Å². The fourth-order valence-corrected chi connectivity index (χ4v) is 4.23. The van der Waals surface area contributed by atoms with Gasteiger partial charge in [-0.1, -0.05) is 0 Å². The fraction of sp³-hybridized carbons (Fsp3) is 0.556. The quantitative estimate of drug-likeness (QED) is 0.622. The van der Waals surface area contributed by atoms with Crippen molar-refractivity contribution in [2.45, 2.75) is 19.1 Å². The molecule has 1 aromatic rings. The largest absolute Gasteiger partial charge is 0.389 e. The third kappa shape index (κ3) is 4.92. The molecule has 158 valence electrons. The first kappa shape index (κ1) is 21.2. The number of aliphatic hydroxyl groups is 1. The van der Waals surface area contributed by atoms with Crippen molar-refractivity contribution in [3.8, 4) is 0 Å². The number of amides is 4. The van der Waals surface area contributed by atoms with Crippen LogP contribution in [0, 0.1) is 0 Å². The molecule has 3 heterocycles. The molecule has 0 spiro atoms. The summed E-state index contributed by atoms with van der Waals surface area (Å²) in [5, 5.41) is 10.3. The van der Waals surface area contributed by atoms with E-state index in [0.717, 1.165) is 11.3 Å². The van der Waals surface area contributed by atoms with E-state index in [0.29, 0.717) is 11.4 Å². The minimum absolute atomic E-state index is 0.0670. The van der Waals surface area contributed by atoms with Gasteiger partial charge in [-0.15, -0.1) is 11.3 Å². The van der Waals surface area contributed by atoms with E-state index in [2.05, 4.69) is 0 Å². The van der Waals surface area contributed by atoms with Crippen LogP contribution < -0.4 is 5.73 Å². The normalized spacial score (nSPS) is 22.9. The van der Waals surface area contributed by atoms with Crippen molar-refractivity contribution in [2.24, 2.45) is 5.73 Å². The lowest BCUT2D eigenvalue weighted by molar-refractivity contribution is -0.154. The van der Waals surface area contributed by atoms with E-state index in [1.54, 1.807) is 4.90 Å². The molecule has 0 aliphatic carbocycles. The van der Waals surface area contributed by atoms with Crippen LogP contribution in [0.1, 0.15) is 26.3 Å². The molecule has 2 atom stereocenters. The van der Waals surface area contributed by atoms with Crippen molar-refractivity contribution in [2.75, 3.05) is 45.9 Å². The molecule has 10 nitrogen and oxygen atoms in total. The Morgan fingerprint density at radius 2 is 1.69 bits per heavy atom. The number of thiophene rings is 1. The van der Waals surface area contributed by atoms with Gasteiger partial charge in [0.2, 0.25) is 5.91 Å². The van der Waals surface area contributed by atoms with Gasteiger partial charge in [-0.25, -0.2) is 0 Å². The number of aliphatic hydroxyl groups excluding tert-OH is 1. The number of primary amides is 1. The SMILES string of the molecule is CC(=O)N1CCOC(C(=O)N2CCN(C(=O)c3ccc(C(N)=O)s3)CC(O)C2)C1. The van der Waals surface area contributed by atoms with Gasteiger partial charge < -0.3 is 30.3 Å². The summed E-state index contributed by atoms with van der Waals surface area (Å²) in [6.07, 6.45) is -1.70. The molecule has 2 saturated heterocycles. The average molecular weight is 424 g/mol. The molecule has 3 rings (SSSR count). The molecular weight excluding hydrogens is 400 g/mol. The van der Waals surface area contributed by atoms with Gasteiger partial charge >= 0.3 is 0 Å². The second kappa shape index (κ2) is 8.89. The van der Waals surface area contributed by atoms with Gasteiger partial charge in [-0.3, -0.25) is 19.2 Å². The number of rotatable bonds is 3. The average Bonchev–Trinajstić information content (AvgIpc) is 3.11. The highest BCUT2D eigenvalue weighted by Crippen LogP contribution is 2.19. The van der Waals surface area contributed by atoms with Crippen LogP contribution in [0.5, 0.6) is 0 Å². The van der Waals surface area contributed by atoms with Crippen LogP contribution in [0.25, 0.3) is 0 Å². The van der Waals surface area contributed by atoms with E-state index in [1.165, 1.54) is 28.9 Å². The third-order valence-corrected chi connectivity index (χ3v) is 6.04. The molecule has 0 aromatic carbocycles. The van der Waals surface area contributed by atoms with Gasteiger partial charge in [0.25, 0.3) is 17.7 Å². The number of β-amino-alcohol motifs (C(OH)–C–C–N with tert-alkyl or cyclic N) is 1. The number of nitrogens with two attached hydrogens (primary N) is 1. The fourth-order valence-electron chi connectivity index (χ4n) is 3.40. The molecule has 0 saturated carbocycles. The van der Waals surface area contributed by atoms with E-state index in [-0.39, 0.29) is 61.9 Å². The minimum atomic E-state index is -0.923. The maximum atomic E-state index is 12.8. The summed E-state index contributed by atoms with van der Waals surface area (Å²) in [4.78, 5) is 53.5. The molecule has 2 aliphatic heterocycles. The molecule has 0 bridgehead atoms. The van der Waals surface area contributed by atoms with Crippen molar-refractivity contribution in [1.29, 1.82) is 0 Å². The van der Waals surface area contributed by atoms with Crippen molar-refractivity contribution in [3.05, 3.63) is 21.9 Å². The summed E-state index contributed by atoms with van der Waals surface area (Å²) in [5.74, 6) is -1.36. The zero-order chi connectivity index (χ0) is 21.1. The topological polar surface area (TPSA) is 133 Å². The van der Waals surface area contributed by atoms with E-state index in [9.17, 15) is 24.3 Å². The van der Waals surface area contributed by atoms with E-state index in [4.69, 9.17) is 10.5 Å². The maximum Gasteiger partial charge on any atom is 0.264 e. The summed E-state index contributed by atoms with van der Waals surface area (Å²) in [5.41, 5.74) is 5.23. The monoisotopic (exact) mass is 424 g/mol. The van der Waals surface area contributed by atoms with Gasteiger partial charge in [-0.05, 0) is 12.1 Å². The summed E-state index contributed by atoms with van der Waals surface area (Å²) in [7, 11) is 0. The number of ether oxygens (including phenoxy) is 1. The van der Waals surface area contributed by atoms with Gasteiger partial charge in [0.05, 0.1) is 29.0 Å². The lowest BCUT2D eigenvalue weighted by atomic mass is 10.2. The number of carbonyl (C=O) groups excluding carboxylic acids is 4. The van der Waals surface area contributed by atoms with Crippen LogP contribution in [-0.2, 0) is 14.3 Å². The Bertz CT molecular complexity index is 812. The van der Waals surface area contributed by atoms with Gasteiger partial charge in [0.1, 0.15) is 0 Å². The number of nitrogens with zero attached hydrogens (tertiary/aromatic N) is 3.